The van der Waals surface area contributed by atoms with E-state index in [4.69, 9.17) is 8.85 Å². The van der Waals surface area contributed by atoms with E-state index in [0.717, 1.165) is 26.3 Å². The molecule has 4 heteroatoms. The Kier molecular flexibility index (Phi) is 3.06. The molecule has 1 aliphatic heterocycles. The molecule has 0 aliphatic carbocycles. The lowest BCUT2D eigenvalue weighted by Crippen LogP contribution is -2.47. The predicted molar refractivity (Wildman–Crippen MR) is 46.4 cm³/mol. The van der Waals surface area contributed by atoms with Gasteiger partial charge in [0, 0.05) is 26.3 Å². The number of rotatable bonds is 5. The number of hydrogen-bond acceptors (Lipinski definition) is 3. The van der Waals surface area contributed by atoms with E-state index in [1.165, 1.54) is 0 Å². The van der Waals surface area contributed by atoms with Crippen LogP contribution in [0.1, 0.15) is 13.8 Å². The fourth-order valence-electron chi connectivity index (χ4n) is 1.22. The van der Waals surface area contributed by atoms with E-state index in [1.807, 2.05) is 13.8 Å². The van der Waals surface area contributed by atoms with Crippen LogP contribution < -0.4 is 0 Å². The normalized spacial score (nSPS) is 18.8. The van der Waals surface area contributed by atoms with E-state index in [0.29, 0.717) is 0 Å². The highest BCUT2D eigenvalue weighted by Crippen LogP contribution is 2.20. The van der Waals surface area contributed by atoms with Gasteiger partial charge in [0.05, 0.1) is 0 Å². The van der Waals surface area contributed by atoms with E-state index in [2.05, 4.69) is 11.1 Å². The zero-order valence-electron chi connectivity index (χ0n) is 7.59. The second kappa shape index (κ2) is 3.67. The van der Waals surface area contributed by atoms with Gasteiger partial charge in [0.1, 0.15) is 0 Å². The first-order valence-electron chi connectivity index (χ1n) is 4.26. The lowest BCUT2D eigenvalue weighted by molar-refractivity contribution is 0.161. The molecule has 0 aromatic rings. The molecular formula is C7H17NO2Si. The highest BCUT2D eigenvalue weighted by molar-refractivity contribution is 6.63. The van der Waals surface area contributed by atoms with Gasteiger partial charge >= 0.3 is 8.72 Å². The van der Waals surface area contributed by atoms with E-state index in [1.54, 1.807) is 0 Å². The molecule has 0 amide bonds. The monoisotopic (exact) mass is 175 g/mol. The summed E-state index contributed by atoms with van der Waals surface area (Å²) in [5.41, 5.74) is 0. The Balaban J connectivity index is 2.39. The maximum atomic E-state index is 5.64. The Labute approximate surface area is 69.6 Å². The Morgan fingerprint density at radius 2 is 1.64 bits per heavy atom. The van der Waals surface area contributed by atoms with Crippen molar-refractivity contribution in [1.82, 2.24) is 4.57 Å². The zero-order chi connectivity index (χ0) is 8.32. The van der Waals surface area contributed by atoms with E-state index >= 15 is 0 Å². The Morgan fingerprint density at radius 3 is 1.91 bits per heavy atom. The van der Waals surface area contributed by atoms with Gasteiger partial charge in [-0.25, -0.2) is 0 Å². The van der Waals surface area contributed by atoms with Crippen molar-refractivity contribution in [3.8, 4) is 0 Å². The summed E-state index contributed by atoms with van der Waals surface area (Å²) in [5.74, 6) is 0. The Morgan fingerprint density at radius 1 is 1.18 bits per heavy atom. The molecule has 3 nitrogen and oxygen atoms in total. The lowest BCUT2D eigenvalue weighted by atomic mass is 10.9. The van der Waals surface area contributed by atoms with Crippen molar-refractivity contribution in [3.63, 3.8) is 0 Å². The van der Waals surface area contributed by atoms with Crippen LogP contribution in [0.15, 0.2) is 0 Å². The van der Waals surface area contributed by atoms with E-state index in [-0.39, 0.29) is 0 Å². The molecule has 0 spiro atoms. The molecule has 0 radical (unpaired) electrons. The van der Waals surface area contributed by atoms with Gasteiger partial charge in [0.25, 0.3) is 0 Å². The summed E-state index contributed by atoms with van der Waals surface area (Å²) in [4.78, 5) is 0. The molecule has 1 fully saturated rings. The number of hydrogen-bond donors (Lipinski definition) is 0. The minimum absolute atomic E-state index is 0.763. The molecule has 1 aliphatic rings. The van der Waals surface area contributed by atoms with Crippen molar-refractivity contribution in [2.24, 2.45) is 0 Å². The molecule has 0 atom stereocenters. The summed E-state index contributed by atoms with van der Waals surface area (Å²) >= 11 is 0. The van der Waals surface area contributed by atoms with Crippen LogP contribution in [-0.4, -0.2) is 39.6 Å². The van der Waals surface area contributed by atoms with Crippen LogP contribution in [0.2, 0.25) is 6.55 Å². The van der Waals surface area contributed by atoms with Crippen LogP contribution in [0.5, 0.6) is 0 Å². The summed E-state index contributed by atoms with van der Waals surface area (Å²) in [6.07, 6.45) is 0. The van der Waals surface area contributed by atoms with Crippen LogP contribution >= 0.6 is 0 Å². The predicted octanol–water partition coefficient (Wildman–Crippen LogP) is 0.944. The van der Waals surface area contributed by atoms with Crippen LogP contribution in [0.3, 0.4) is 0 Å². The molecule has 0 N–H and O–H groups in total. The van der Waals surface area contributed by atoms with Gasteiger partial charge in [-0.05, 0) is 20.4 Å². The van der Waals surface area contributed by atoms with Gasteiger partial charge < -0.3 is 8.85 Å². The van der Waals surface area contributed by atoms with Gasteiger partial charge in [-0.3, -0.25) is 4.57 Å². The lowest BCUT2D eigenvalue weighted by Gasteiger charge is -2.25. The summed E-state index contributed by atoms with van der Waals surface area (Å²) in [6.45, 7) is 10.00. The minimum Gasteiger partial charge on any atom is -0.383 e. The second-order valence-electron chi connectivity index (χ2n) is 2.75. The van der Waals surface area contributed by atoms with Crippen molar-refractivity contribution in [2.75, 3.05) is 26.3 Å². The van der Waals surface area contributed by atoms with Crippen molar-refractivity contribution < 1.29 is 8.85 Å². The fourth-order valence-corrected chi connectivity index (χ4v) is 3.65. The highest BCUT2D eigenvalue weighted by atomic mass is 28.4. The summed E-state index contributed by atoms with van der Waals surface area (Å²) in [7, 11) is -1.88. The molecule has 0 bridgehead atoms. The third-order valence-corrected chi connectivity index (χ3v) is 5.09. The first-order chi connectivity index (χ1) is 5.23. The van der Waals surface area contributed by atoms with Crippen molar-refractivity contribution in [3.05, 3.63) is 0 Å². The first-order valence-corrected chi connectivity index (χ1v) is 6.52. The fraction of sp³-hybridized carbons (Fsp3) is 1.00. The van der Waals surface area contributed by atoms with E-state index < -0.39 is 8.72 Å². The van der Waals surface area contributed by atoms with Crippen LogP contribution in [0.25, 0.3) is 0 Å². The largest absolute Gasteiger partial charge is 0.424 e. The molecule has 1 rings (SSSR count). The van der Waals surface area contributed by atoms with Crippen molar-refractivity contribution >= 4 is 8.72 Å². The Bertz CT molecular complexity index is 122. The third-order valence-electron chi connectivity index (χ3n) is 1.85. The van der Waals surface area contributed by atoms with Gasteiger partial charge in [-0.15, -0.1) is 0 Å². The molecule has 1 saturated heterocycles. The maximum Gasteiger partial charge on any atom is 0.424 e. The molecule has 0 aromatic carbocycles. The molecule has 1 heterocycles. The molecule has 11 heavy (non-hydrogen) atoms. The molecule has 0 unspecified atom stereocenters. The zero-order valence-corrected chi connectivity index (χ0v) is 8.59. The van der Waals surface area contributed by atoms with Crippen LogP contribution in [-0.2, 0) is 8.85 Å². The van der Waals surface area contributed by atoms with Crippen LogP contribution in [0, 0.1) is 0 Å². The number of nitrogens with zero attached hydrogens (tertiary/aromatic N) is 1. The van der Waals surface area contributed by atoms with Gasteiger partial charge in [0.15, 0.2) is 0 Å². The van der Waals surface area contributed by atoms with Crippen molar-refractivity contribution in [2.45, 2.75) is 20.4 Å². The van der Waals surface area contributed by atoms with Gasteiger partial charge in [0.2, 0.25) is 0 Å². The van der Waals surface area contributed by atoms with Crippen molar-refractivity contribution in [1.29, 1.82) is 0 Å². The quantitative estimate of drug-likeness (QED) is 0.458. The summed E-state index contributed by atoms with van der Waals surface area (Å²) < 4.78 is 13.6. The summed E-state index contributed by atoms with van der Waals surface area (Å²) in [5, 5.41) is 0. The third kappa shape index (κ3) is 2.26. The second-order valence-corrected chi connectivity index (χ2v) is 5.76. The standard InChI is InChI=1S/C7H17NO2Si/c1-4-9-11(3,10-5-2)8-6-7-8/h4-7H2,1-3H3. The molecule has 0 saturated carbocycles. The van der Waals surface area contributed by atoms with Gasteiger partial charge in [-0.1, -0.05) is 0 Å². The average molecular weight is 175 g/mol. The molecule has 66 valence electrons. The molecular weight excluding hydrogens is 158 g/mol. The maximum absolute atomic E-state index is 5.64. The highest BCUT2D eigenvalue weighted by Gasteiger charge is 2.45. The summed E-state index contributed by atoms with van der Waals surface area (Å²) in [6, 6.07) is 0. The molecule has 0 aromatic heterocycles. The topological polar surface area (TPSA) is 21.5 Å². The Hall–Kier alpha value is 0.0969. The SMILES string of the molecule is CCO[Si](C)(OCC)N1CC1. The van der Waals surface area contributed by atoms with Gasteiger partial charge in [-0.2, -0.15) is 0 Å². The first kappa shape index (κ1) is 9.19. The minimum atomic E-state index is -1.88. The smallest absolute Gasteiger partial charge is 0.383 e. The van der Waals surface area contributed by atoms with E-state index in [9.17, 15) is 0 Å². The van der Waals surface area contributed by atoms with Crippen LogP contribution in [0.4, 0.5) is 0 Å². The average Bonchev–Trinajstić information content (AvgIpc) is 2.68.